The fourth-order valence-electron chi connectivity index (χ4n) is 5.18. The van der Waals surface area contributed by atoms with Gasteiger partial charge in [-0.15, -0.1) is 0 Å². The number of amides is 1. The molecule has 0 radical (unpaired) electrons. The Bertz CT molecular complexity index is 1100. The first-order chi connectivity index (χ1) is 15.1. The number of rotatable bonds is 2. The number of likely N-dealkylation sites (tertiary alicyclic amines) is 1. The molecule has 0 unspecified atom stereocenters. The van der Waals surface area contributed by atoms with Gasteiger partial charge in [0.2, 0.25) is 5.91 Å². The van der Waals surface area contributed by atoms with Crippen molar-refractivity contribution in [3.05, 3.63) is 54.6 Å². The van der Waals surface area contributed by atoms with Crippen LogP contribution in [0.15, 0.2) is 54.6 Å². The molecule has 1 aromatic heterocycles. The molecule has 3 heterocycles. The molecule has 0 bridgehead atoms. The van der Waals surface area contributed by atoms with Gasteiger partial charge in [-0.3, -0.25) is 4.79 Å². The molecule has 5 rings (SSSR count). The molecule has 2 fully saturated rings. The third-order valence-electron chi connectivity index (χ3n) is 6.85. The number of carbonyl (C=O) groups excluding carboxylic acids is 1. The Labute approximate surface area is 182 Å². The molecular weight excluding hydrogens is 388 g/mol. The van der Waals surface area contributed by atoms with Crippen molar-refractivity contribution in [2.75, 3.05) is 31.1 Å². The largest absolute Gasteiger partial charge is 0.392 e. The Morgan fingerprint density at radius 2 is 1.81 bits per heavy atom. The number of benzene rings is 2. The maximum Gasteiger partial charge on any atom is 0.219 e. The molecule has 3 aromatic rings. The van der Waals surface area contributed by atoms with E-state index >= 15 is 0 Å². The highest BCUT2D eigenvalue weighted by Crippen LogP contribution is 2.41. The molecular formula is C25H28N4O2. The van der Waals surface area contributed by atoms with Crippen molar-refractivity contribution in [1.29, 1.82) is 0 Å². The van der Waals surface area contributed by atoms with Gasteiger partial charge in [0.1, 0.15) is 5.82 Å². The van der Waals surface area contributed by atoms with Crippen LogP contribution >= 0.6 is 0 Å². The van der Waals surface area contributed by atoms with Crippen LogP contribution in [0.5, 0.6) is 0 Å². The topological polar surface area (TPSA) is 69.6 Å². The van der Waals surface area contributed by atoms with E-state index in [1.54, 1.807) is 6.92 Å². The summed E-state index contributed by atoms with van der Waals surface area (Å²) in [7, 11) is 0. The lowest BCUT2D eigenvalue weighted by molar-refractivity contribution is -0.135. The zero-order valence-electron chi connectivity index (χ0n) is 17.9. The van der Waals surface area contributed by atoms with Gasteiger partial charge in [0.15, 0.2) is 5.82 Å². The van der Waals surface area contributed by atoms with Crippen LogP contribution in [0.2, 0.25) is 0 Å². The molecule has 2 saturated heterocycles. The molecule has 31 heavy (non-hydrogen) atoms. The summed E-state index contributed by atoms with van der Waals surface area (Å²) < 4.78 is 0. The summed E-state index contributed by atoms with van der Waals surface area (Å²) in [6.07, 6.45) is 2.10. The van der Waals surface area contributed by atoms with Crippen molar-refractivity contribution in [3.63, 3.8) is 0 Å². The summed E-state index contributed by atoms with van der Waals surface area (Å²) >= 11 is 0. The quantitative estimate of drug-likeness (QED) is 0.693. The van der Waals surface area contributed by atoms with Crippen LogP contribution < -0.4 is 4.90 Å². The fraction of sp³-hybridized carbons (Fsp3) is 0.400. The van der Waals surface area contributed by atoms with Gasteiger partial charge in [0.05, 0.1) is 11.6 Å². The summed E-state index contributed by atoms with van der Waals surface area (Å²) in [5.41, 5.74) is 1.59. The lowest BCUT2D eigenvalue weighted by atomic mass is 9.71. The summed E-state index contributed by atoms with van der Waals surface area (Å²) in [6, 6.07) is 18.2. The van der Waals surface area contributed by atoms with Crippen molar-refractivity contribution in [2.24, 2.45) is 5.41 Å². The molecule has 2 aliphatic heterocycles. The van der Waals surface area contributed by atoms with E-state index in [0.29, 0.717) is 25.3 Å². The molecule has 0 saturated carbocycles. The maximum absolute atomic E-state index is 12.1. The van der Waals surface area contributed by atoms with Crippen molar-refractivity contribution in [1.82, 2.24) is 14.9 Å². The molecule has 1 N–H and O–H groups in total. The van der Waals surface area contributed by atoms with Gasteiger partial charge >= 0.3 is 0 Å². The van der Waals surface area contributed by atoms with Gasteiger partial charge in [0.25, 0.3) is 0 Å². The monoisotopic (exact) mass is 416 g/mol. The second kappa shape index (κ2) is 7.93. The fourth-order valence-corrected chi connectivity index (χ4v) is 5.18. The number of aliphatic hydroxyl groups excluding tert-OH is 1. The van der Waals surface area contributed by atoms with E-state index in [4.69, 9.17) is 9.97 Å². The van der Waals surface area contributed by atoms with Crippen molar-refractivity contribution in [2.45, 2.75) is 32.3 Å². The van der Waals surface area contributed by atoms with Crippen LogP contribution in [0.25, 0.3) is 22.3 Å². The SMILES string of the molecule is CC(=O)N1CCC[C@@]2(C1)CN(c1nc(-c3ccccc3)nc3ccccc13)CC[C@@H]2O. The summed E-state index contributed by atoms with van der Waals surface area (Å²) in [4.78, 5) is 26.1. The third kappa shape index (κ3) is 3.65. The number of anilines is 1. The molecule has 1 spiro atoms. The van der Waals surface area contributed by atoms with Crippen molar-refractivity contribution >= 4 is 22.6 Å². The number of carbonyl (C=O) groups is 1. The number of para-hydroxylation sites is 1. The highest BCUT2D eigenvalue weighted by Gasteiger charge is 2.46. The van der Waals surface area contributed by atoms with Crippen LogP contribution in [0.3, 0.4) is 0 Å². The number of aromatic nitrogens is 2. The van der Waals surface area contributed by atoms with Crippen molar-refractivity contribution in [3.8, 4) is 11.4 Å². The minimum Gasteiger partial charge on any atom is -0.392 e. The first-order valence-electron chi connectivity index (χ1n) is 11.1. The Balaban J connectivity index is 1.56. The Kier molecular flexibility index (Phi) is 5.10. The summed E-state index contributed by atoms with van der Waals surface area (Å²) in [6.45, 7) is 4.43. The van der Waals surface area contributed by atoms with E-state index in [1.807, 2.05) is 53.4 Å². The zero-order valence-corrected chi connectivity index (χ0v) is 17.9. The van der Waals surface area contributed by atoms with E-state index in [9.17, 15) is 9.90 Å². The van der Waals surface area contributed by atoms with Crippen LogP contribution in [-0.4, -0.2) is 58.2 Å². The predicted octanol–water partition coefficient (Wildman–Crippen LogP) is 3.50. The lowest BCUT2D eigenvalue weighted by Gasteiger charge is -2.51. The van der Waals surface area contributed by atoms with Crippen LogP contribution in [0.1, 0.15) is 26.2 Å². The first-order valence-corrected chi connectivity index (χ1v) is 11.1. The normalized spacial score (nSPS) is 24.0. The minimum atomic E-state index is -0.410. The van der Waals surface area contributed by atoms with Gasteiger partial charge in [-0.2, -0.15) is 0 Å². The van der Waals surface area contributed by atoms with E-state index in [2.05, 4.69) is 11.0 Å². The highest BCUT2D eigenvalue weighted by molar-refractivity contribution is 5.91. The second-order valence-corrected chi connectivity index (χ2v) is 8.89. The Morgan fingerprint density at radius 3 is 2.61 bits per heavy atom. The summed E-state index contributed by atoms with van der Waals surface area (Å²) in [5.74, 6) is 1.71. The predicted molar refractivity (Wildman–Crippen MR) is 122 cm³/mol. The van der Waals surface area contributed by atoms with Gasteiger partial charge < -0.3 is 14.9 Å². The standard InChI is InChI=1S/C25H28N4O2/c1-18(30)28-14-7-13-25(16-28)17-29(15-12-22(25)31)24-20-10-5-6-11-21(20)26-23(27-24)19-8-3-2-4-9-19/h2-6,8-11,22,31H,7,12-17H2,1H3/t22-,25+/m0/s1. The van der Waals surface area contributed by atoms with E-state index in [0.717, 1.165) is 48.2 Å². The Morgan fingerprint density at radius 1 is 1.03 bits per heavy atom. The third-order valence-corrected chi connectivity index (χ3v) is 6.85. The van der Waals surface area contributed by atoms with Gasteiger partial charge in [-0.05, 0) is 31.4 Å². The van der Waals surface area contributed by atoms with E-state index in [-0.39, 0.29) is 11.3 Å². The van der Waals surface area contributed by atoms with Crippen LogP contribution in [0.4, 0.5) is 5.82 Å². The number of fused-ring (bicyclic) bond motifs is 1. The molecule has 2 aromatic carbocycles. The van der Waals surface area contributed by atoms with Crippen molar-refractivity contribution < 1.29 is 9.90 Å². The second-order valence-electron chi connectivity index (χ2n) is 8.89. The highest BCUT2D eigenvalue weighted by atomic mass is 16.3. The number of hydrogen-bond acceptors (Lipinski definition) is 5. The van der Waals surface area contributed by atoms with E-state index < -0.39 is 6.10 Å². The van der Waals surface area contributed by atoms with Gasteiger partial charge in [0, 0.05) is 49.5 Å². The summed E-state index contributed by atoms with van der Waals surface area (Å²) in [5, 5.41) is 12.0. The lowest BCUT2D eigenvalue weighted by Crippen LogP contribution is -2.59. The average Bonchev–Trinajstić information content (AvgIpc) is 2.81. The molecule has 160 valence electrons. The molecule has 6 heteroatoms. The smallest absolute Gasteiger partial charge is 0.219 e. The van der Waals surface area contributed by atoms with Crippen LogP contribution in [-0.2, 0) is 4.79 Å². The number of hydrogen-bond donors (Lipinski definition) is 1. The molecule has 2 atom stereocenters. The first kappa shape index (κ1) is 19.9. The van der Waals surface area contributed by atoms with Gasteiger partial charge in [-0.25, -0.2) is 9.97 Å². The Hall–Kier alpha value is -2.99. The molecule has 2 aliphatic rings. The van der Waals surface area contributed by atoms with Crippen LogP contribution in [0, 0.1) is 5.41 Å². The minimum absolute atomic E-state index is 0.0854. The van der Waals surface area contributed by atoms with Gasteiger partial charge in [-0.1, -0.05) is 42.5 Å². The number of aliphatic hydroxyl groups is 1. The molecule has 1 amide bonds. The number of piperidine rings is 2. The number of nitrogens with zero attached hydrogens (tertiary/aromatic N) is 4. The average molecular weight is 417 g/mol. The zero-order chi connectivity index (χ0) is 21.4. The maximum atomic E-state index is 12.1. The van der Waals surface area contributed by atoms with E-state index in [1.165, 1.54) is 0 Å². The molecule has 6 nitrogen and oxygen atoms in total. The molecule has 0 aliphatic carbocycles.